The summed E-state index contributed by atoms with van der Waals surface area (Å²) in [7, 11) is 0. The summed E-state index contributed by atoms with van der Waals surface area (Å²) in [6.45, 7) is 0. The molecule has 0 radical (unpaired) electrons. The number of carbonyl (C=O) groups is 1. The van der Waals surface area contributed by atoms with Gasteiger partial charge in [0.1, 0.15) is 11.4 Å². The molecule has 1 N–H and O–H groups in total. The van der Waals surface area contributed by atoms with E-state index in [2.05, 4.69) is 0 Å². The van der Waals surface area contributed by atoms with Gasteiger partial charge in [-0.2, -0.15) is 5.26 Å². The van der Waals surface area contributed by atoms with Crippen molar-refractivity contribution < 1.29 is 14.3 Å². The highest BCUT2D eigenvalue weighted by molar-refractivity contribution is 5.92. The number of benzene rings is 1. The lowest BCUT2D eigenvalue weighted by atomic mass is 10.1. The number of carboxylic acid groups (broad SMARTS) is 1. The van der Waals surface area contributed by atoms with E-state index in [1.165, 1.54) is 18.2 Å². The first-order valence-corrected chi connectivity index (χ1v) is 3.75. The summed E-state index contributed by atoms with van der Waals surface area (Å²) in [6, 6.07) is 5.59. The van der Waals surface area contributed by atoms with Crippen LogP contribution in [0.15, 0.2) is 24.3 Å². The van der Waals surface area contributed by atoms with Crippen LogP contribution in [0.4, 0.5) is 4.39 Å². The fourth-order valence-corrected chi connectivity index (χ4v) is 1.03. The topological polar surface area (TPSA) is 61.1 Å². The molecule has 0 bridgehead atoms. The van der Waals surface area contributed by atoms with Gasteiger partial charge in [-0.25, -0.2) is 9.18 Å². The first kappa shape index (κ1) is 9.93. The number of hydrogen-bond acceptors (Lipinski definition) is 2. The van der Waals surface area contributed by atoms with E-state index in [1.54, 1.807) is 6.07 Å². The quantitative estimate of drug-likeness (QED) is 0.728. The molecule has 0 aromatic heterocycles. The molecule has 0 aliphatic carbocycles. The van der Waals surface area contributed by atoms with E-state index >= 15 is 0 Å². The third-order valence-electron chi connectivity index (χ3n) is 1.60. The van der Waals surface area contributed by atoms with Crippen LogP contribution in [0.25, 0.3) is 6.08 Å². The molecule has 3 nitrogen and oxygen atoms in total. The van der Waals surface area contributed by atoms with Gasteiger partial charge >= 0.3 is 5.97 Å². The molecule has 0 unspecified atom stereocenters. The highest BCUT2D eigenvalue weighted by Gasteiger charge is 2.13. The Morgan fingerprint density at radius 1 is 1.57 bits per heavy atom. The van der Waals surface area contributed by atoms with Gasteiger partial charge in [0.05, 0.1) is 6.07 Å². The molecule has 1 aromatic carbocycles. The van der Waals surface area contributed by atoms with Gasteiger partial charge in [0, 0.05) is 6.08 Å². The molecule has 0 saturated heterocycles. The van der Waals surface area contributed by atoms with Crippen LogP contribution in [0.5, 0.6) is 0 Å². The first-order chi connectivity index (χ1) is 6.66. The molecular formula is C10H6FNO2. The van der Waals surface area contributed by atoms with Crippen molar-refractivity contribution >= 4 is 12.0 Å². The maximum Gasteiger partial charge on any atom is 0.339 e. The third-order valence-corrected chi connectivity index (χ3v) is 1.60. The molecule has 1 rings (SSSR count). The van der Waals surface area contributed by atoms with E-state index in [1.807, 2.05) is 0 Å². The Balaban J connectivity index is 3.30. The second-order valence-electron chi connectivity index (χ2n) is 2.47. The summed E-state index contributed by atoms with van der Waals surface area (Å²) in [5.41, 5.74) is -0.238. The summed E-state index contributed by atoms with van der Waals surface area (Å²) in [5.74, 6) is -2.15. The number of allylic oxidation sites excluding steroid dienone is 1. The van der Waals surface area contributed by atoms with Crippen LogP contribution in [0.2, 0.25) is 0 Å². The number of carboxylic acids is 1. The summed E-state index contributed by atoms with van der Waals surface area (Å²) < 4.78 is 13.0. The predicted molar refractivity (Wildman–Crippen MR) is 48.0 cm³/mol. The molecule has 1 aromatic rings. The van der Waals surface area contributed by atoms with Gasteiger partial charge in [-0.05, 0) is 17.7 Å². The van der Waals surface area contributed by atoms with Crippen LogP contribution in [0.3, 0.4) is 0 Å². The Hall–Kier alpha value is -2.15. The van der Waals surface area contributed by atoms with E-state index in [0.29, 0.717) is 0 Å². The minimum Gasteiger partial charge on any atom is -0.478 e. The van der Waals surface area contributed by atoms with Crippen molar-refractivity contribution in [2.75, 3.05) is 0 Å². The summed E-state index contributed by atoms with van der Waals surface area (Å²) >= 11 is 0. The minimum atomic E-state index is -1.35. The summed E-state index contributed by atoms with van der Waals surface area (Å²) in [6.07, 6.45) is 2.35. The molecule has 0 aliphatic rings. The molecule has 4 heteroatoms. The Labute approximate surface area is 79.7 Å². The van der Waals surface area contributed by atoms with Crippen LogP contribution in [-0.2, 0) is 0 Å². The predicted octanol–water partition coefficient (Wildman–Crippen LogP) is 2.06. The van der Waals surface area contributed by atoms with Crippen LogP contribution in [-0.4, -0.2) is 11.1 Å². The zero-order valence-electron chi connectivity index (χ0n) is 7.07. The summed E-state index contributed by atoms with van der Waals surface area (Å²) in [4.78, 5) is 10.6. The number of rotatable bonds is 2. The smallest absolute Gasteiger partial charge is 0.339 e. The average Bonchev–Trinajstić information content (AvgIpc) is 2.14. The zero-order chi connectivity index (χ0) is 10.6. The highest BCUT2D eigenvalue weighted by Crippen LogP contribution is 2.14. The normalized spacial score (nSPS) is 10.0. The number of nitriles is 1. The van der Waals surface area contributed by atoms with Crippen molar-refractivity contribution in [3.63, 3.8) is 0 Å². The Morgan fingerprint density at radius 3 is 2.86 bits per heavy atom. The Morgan fingerprint density at radius 2 is 2.29 bits per heavy atom. The average molecular weight is 191 g/mol. The minimum absolute atomic E-state index is 0.180. The van der Waals surface area contributed by atoms with Crippen molar-refractivity contribution in [1.29, 1.82) is 5.26 Å². The molecule has 0 fully saturated rings. The van der Waals surface area contributed by atoms with E-state index in [4.69, 9.17) is 10.4 Å². The summed E-state index contributed by atoms with van der Waals surface area (Å²) in [5, 5.41) is 16.9. The molecule has 14 heavy (non-hydrogen) atoms. The molecule has 0 heterocycles. The number of hydrogen-bond donors (Lipinski definition) is 1. The lowest BCUT2D eigenvalue weighted by Gasteiger charge is -2.00. The van der Waals surface area contributed by atoms with Crippen LogP contribution < -0.4 is 0 Å². The van der Waals surface area contributed by atoms with Gasteiger partial charge in [-0.1, -0.05) is 12.1 Å². The Bertz CT molecular complexity index is 432. The van der Waals surface area contributed by atoms with E-state index in [9.17, 15) is 9.18 Å². The number of halogens is 1. The lowest BCUT2D eigenvalue weighted by Crippen LogP contribution is -2.03. The maximum atomic E-state index is 13.0. The van der Waals surface area contributed by atoms with Gasteiger partial charge < -0.3 is 5.11 Å². The van der Waals surface area contributed by atoms with Crippen molar-refractivity contribution in [2.24, 2.45) is 0 Å². The molecule has 0 spiro atoms. The fraction of sp³-hybridized carbons (Fsp3) is 0. The SMILES string of the molecule is N#CC=Cc1cccc(F)c1C(=O)O. The zero-order valence-corrected chi connectivity index (χ0v) is 7.07. The van der Waals surface area contributed by atoms with Crippen molar-refractivity contribution in [1.82, 2.24) is 0 Å². The second kappa shape index (κ2) is 4.19. The van der Waals surface area contributed by atoms with Crippen molar-refractivity contribution in [2.45, 2.75) is 0 Å². The van der Waals surface area contributed by atoms with Crippen molar-refractivity contribution in [3.05, 3.63) is 41.2 Å². The van der Waals surface area contributed by atoms with Crippen LogP contribution in [0, 0.1) is 17.1 Å². The molecular weight excluding hydrogens is 185 g/mol. The lowest BCUT2D eigenvalue weighted by molar-refractivity contribution is 0.0691. The Kier molecular flexibility index (Phi) is 2.97. The van der Waals surface area contributed by atoms with Crippen molar-refractivity contribution in [3.8, 4) is 6.07 Å². The van der Waals surface area contributed by atoms with Gasteiger partial charge in [-0.15, -0.1) is 0 Å². The molecule has 0 aliphatic heterocycles. The highest BCUT2D eigenvalue weighted by atomic mass is 19.1. The standard InChI is InChI=1S/C10H6FNO2/c11-8-5-1-3-7(4-2-6-12)9(8)10(13)14/h1-5H,(H,13,14). The van der Waals surface area contributed by atoms with Gasteiger partial charge in [0.25, 0.3) is 0 Å². The monoisotopic (exact) mass is 191 g/mol. The largest absolute Gasteiger partial charge is 0.478 e. The maximum absolute atomic E-state index is 13.0. The van der Waals surface area contributed by atoms with Gasteiger partial charge in [0.2, 0.25) is 0 Å². The van der Waals surface area contributed by atoms with Gasteiger partial charge in [-0.3, -0.25) is 0 Å². The molecule has 70 valence electrons. The van der Waals surface area contributed by atoms with Crippen LogP contribution >= 0.6 is 0 Å². The number of nitrogens with zero attached hydrogens (tertiary/aromatic N) is 1. The third kappa shape index (κ3) is 1.96. The first-order valence-electron chi connectivity index (χ1n) is 3.75. The van der Waals surface area contributed by atoms with E-state index in [-0.39, 0.29) is 5.56 Å². The second-order valence-corrected chi connectivity index (χ2v) is 2.47. The van der Waals surface area contributed by atoms with E-state index < -0.39 is 17.3 Å². The molecule has 0 amide bonds. The molecule has 0 atom stereocenters. The number of aromatic carboxylic acids is 1. The fourth-order valence-electron chi connectivity index (χ4n) is 1.03. The van der Waals surface area contributed by atoms with Crippen LogP contribution in [0.1, 0.15) is 15.9 Å². The van der Waals surface area contributed by atoms with E-state index in [0.717, 1.165) is 12.1 Å². The molecule has 0 saturated carbocycles. The van der Waals surface area contributed by atoms with Gasteiger partial charge in [0.15, 0.2) is 0 Å².